The van der Waals surface area contributed by atoms with E-state index in [1.54, 1.807) is 4.90 Å². The maximum Gasteiger partial charge on any atom is 0.253 e. The molecular formula is C14H17IN2O2. The molecule has 1 aromatic rings. The van der Waals surface area contributed by atoms with Crippen molar-refractivity contribution in [1.82, 2.24) is 5.32 Å². The molecule has 0 saturated carbocycles. The number of benzene rings is 1. The lowest BCUT2D eigenvalue weighted by atomic mass is 9.88. The summed E-state index contributed by atoms with van der Waals surface area (Å²) in [5, 5.41) is 2.86. The minimum Gasteiger partial charge on any atom is -0.340 e. The van der Waals surface area contributed by atoms with E-state index >= 15 is 0 Å². The smallest absolute Gasteiger partial charge is 0.253 e. The number of nitrogens with zero attached hydrogens (tertiary/aromatic N) is 1. The summed E-state index contributed by atoms with van der Waals surface area (Å²) in [6.07, 6.45) is 1.21. The molecule has 1 saturated heterocycles. The van der Waals surface area contributed by atoms with Crippen LogP contribution in [0.4, 0.5) is 5.69 Å². The summed E-state index contributed by atoms with van der Waals surface area (Å²) in [6, 6.07) is 7.65. The highest BCUT2D eigenvalue weighted by molar-refractivity contribution is 14.1. The van der Waals surface area contributed by atoms with Crippen LogP contribution in [-0.2, 0) is 9.59 Å². The summed E-state index contributed by atoms with van der Waals surface area (Å²) < 4.78 is 1.10. The fourth-order valence-corrected chi connectivity index (χ4v) is 2.75. The quantitative estimate of drug-likeness (QED) is 0.828. The first-order chi connectivity index (χ1) is 9.02. The molecule has 0 spiro atoms. The monoisotopic (exact) mass is 372 g/mol. The lowest BCUT2D eigenvalue weighted by molar-refractivity contribution is -0.136. The van der Waals surface area contributed by atoms with Gasteiger partial charge in [0.2, 0.25) is 5.91 Å². The van der Waals surface area contributed by atoms with Gasteiger partial charge in [0, 0.05) is 9.26 Å². The van der Waals surface area contributed by atoms with Crippen molar-refractivity contribution in [1.29, 1.82) is 0 Å². The van der Waals surface area contributed by atoms with Crippen LogP contribution in [0.15, 0.2) is 24.3 Å². The van der Waals surface area contributed by atoms with E-state index in [9.17, 15) is 9.59 Å². The Kier molecular flexibility index (Phi) is 4.13. The number of piperazine rings is 1. The van der Waals surface area contributed by atoms with Crippen LogP contribution in [0.2, 0.25) is 0 Å². The third-order valence-electron chi connectivity index (χ3n) is 3.68. The molecule has 0 aliphatic carbocycles. The second-order valence-corrected chi connectivity index (χ2v) is 5.95. The van der Waals surface area contributed by atoms with Gasteiger partial charge >= 0.3 is 0 Å². The first kappa shape index (κ1) is 14.3. The van der Waals surface area contributed by atoms with Gasteiger partial charge in [0.15, 0.2) is 0 Å². The number of hydrogen-bond donors (Lipinski definition) is 1. The predicted octanol–water partition coefficient (Wildman–Crippen LogP) is 2.31. The Bertz CT molecular complexity index is 495. The van der Waals surface area contributed by atoms with Crippen molar-refractivity contribution in [3.63, 3.8) is 0 Å². The summed E-state index contributed by atoms with van der Waals surface area (Å²) in [4.78, 5) is 26.1. The zero-order chi connectivity index (χ0) is 14.0. The molecule has 0 radical (unpaired) electrons. The molecule has 1 aliphatic rings. The topological polar surface area (TPSA) is 49.4 Å². The molecule has 4 nitrogen and oxygen atoms in total. The molecule has 1 N–H and O–H groups in total. The zero-order valence-electron chi connectivity index (χ0n) is 11.1. The summed E-state index contributed by atoms with van der Waals surface area (Å²) in [5.41, 5.74) is 0.0322. The van der Waals surface area contributed by atoms with E-state index in [2.05, 4.69) is 27.9 Å². The molecule has 1 fully saturated rings. The summed E-state index contributed by atoms with van der Waals surface area (Å²) >= 11 is 2.22. The molecule has 102 valence electrons. The van der Waals surface area contributed by atoms with Crippen LogP contribution in [0.25, 0.3) is 0 Å². The second-order valence-electron chi connectivity index (χ2n) is 4.71. The maximum atomic E-state index is 12.6. The van der Waals surface area contributed by atoms with Gasteiger partial charge in [-0.25, -0.2) is 0 Å². The van der Waals surface area contributed by atoms with Gasteiger partial charge in [0.1, 0.15) is 12.1 Å². The van der Waals surface area contributed by atoms with E-state index in [1.165, 1.54) is 0 Å². The van der Waals surface area contributed by atoms with E-state index in [1.807, 2.05) is 38.1 Å². The highest BCUT2D eigenvalue weighted by Gasteiger charge is 2.44. The zero-order valence-corrected chi connectivity index (χ0v) is 13.2. The van der Waals surface area contributed by atoms with Gasteiger partial charge in [-0.3, -0.25) is 9.59 Å². The third-order valence-corrected chi connectivity index (χ3v) is 4.40. The molecule has 0 bridgehead atoms. The summed E-state index contributed by atoms with van der Waals surface area (Å²) in [7, 11) is 0. The van der Waals surface area contributed by atoms with Crippen molar-refractivity contribution >= 4 is 40.1 Å². The molecule has 0 unspecified atom stereocenters. The molecule has 1 aliphatic heterocycles. The highest BCUT2D eigenvalue weighted by atomic mass is 127. The maximum absolute atomic E-state index is 12.6. The predicted molar refractivity (Wildman–Crippen MR) is 83.0 cm³/mol. The molecule has 1 aromatic carbocycles. The van der Waals surface area contributed by atoms with Crippen LogP contribution in [-0.4, -0.2) is 23.9 Å². The number of anilines is 1. The molecule has 0 atom stereocenters. The van der Waals surface area contributed by atoms with Gasteiger partial charge < -0.3 is 10.2 Å². The van der Waals surface area contributed by atoms with E-state index in [0.29, 0.717) is 12.8 Å². The molecule has 1 heterocycles. The Balaban J connectivity index is 2.37. The van der Waals surface area contributed by atoms with Gasteiger partial charge in [0.05, 0.1) is 0 Å². The Morgan fingerprint density at radius 2 is 1.79 bits per heavy atom. The lowest BCUT2D eigenvalue weighted by Gasteiger charge is -2.41. The average molecular weight is 372 g/mol. The van der Waals surface area contributed by atoms with Crippen LogP contribution in [0, 0.1) is 3.57 Å². The largest absolute Gasteiger partial charge is 0.340 e. The number of halogens is 1. The Hall–Kier alpha value is -1.11. The van der Waals surface area contributed by atoms with E-state index < -0.39 is 5.54 Å². The summed E-state index contributed by atoms with van der Waals surface area (Å²) in [5.74, 6) is -0.111. The standard InChI is InChI=1S/C14H17IN2O2/c1-3-14(4-2)13(19)17(9-12(18)16-14)11-7-5-10(15)6-8-11/h5-8H,3-4,9H2,1-2H3,(H,16,18). The molecular weight excluding hydrogens is 355 g/mol. The van der Waals surface area contributed by atoms with Crippen LogP contribution >= 0.6 is 22.6 Å². The van der Waals surface area contributed by atoms with Gasteiger partial charge in [-0.1, -0.05) is 13.8 Å². The Labute approximate surface area is 126 Å². The Morgan fingerprint density at radius 1 is 1.21 bits per heavy atom. The van der Waals surface area contributed by atoms with E-state index in [-0.39, 0.29) is 18.4 Å². The summed E-state index contributed by atoms with van der Waals surface area (Å²) in [6.45, 7) is 3.96. The number of nitrogens with one attached hydrogen (secondary N) is 1. The number of amides is 2. The molecule has 0 aromatic heterocycles. The number of carbonyl (C=O) groups excluding carboxylic acids is 2. The fraction of sp³-hybridized carbons (Fsp3) is 0.429. The lowest BCUT2D eigenvalue weighted by Crippen LogP contribution is -2.66. The fourth-order valence-electron chi connectivity index (χ4n) is 2.39. The van der Waals surface area contributed by atoms with E-state index in [0.717, 1.165) is 9.26 Å². The first-order valence-electron chi connectivity index (χ1n) is 6.41. The van der Waals surface area contributed by atoms with Gasteiger partial charge in [-0.15, -0.1) is 0 Å². The van der Waals surface area contributed by atoms with E-state index in [4.69, 9.17) is 0 Å². The highest BCUT2D eigenvalue weighted by Crippen LogP contribution is 2.26. The molecule has 2 rings (SSSR count). The van der Waals surface area contributed by atoms with Crippen LogP contribution in [0.1, 0.15) is 26.7 Å². The third kappa shape index (κ3) is 2.61. The second kappa shape index (κ2) is 5.48. The van der Waals surface area contributed by atoms with Gasteiger partial charge in [-0.05, 0) is 59.7 Å². The van der Waals surface area contributed by atoms with Crippen molar-refractivity contribution in [3.8, 4) is 0 Å². The van der Waals surface area contributed by atoms with Crippen molar-refractivity contribution in [2.24, 2.45) is 0 Å². The van der Waals surface area contributed by atoms with Crippen molar-refractivity contribution < 1.29 is 9.59 Å². The van der Waals surface area contributed by atoms with Crippen molar-refractivity contribution in [2.45, 2.75) is 32.2 Å². The van der Waals surface area contributed by atoms with Gasteiger partial charge in [-0.2, -0.15) is 0 Å². The molecule has 5 heteroatoms. The minimum absolute atomic E-state index is 0.0155. The number of rotatable bonds is 3. The van der Waals surface area contributed by atoms with Crippen LogP contribution in [0.3, 0.4) is 0 Å². The minimum atomic E-state index is -0.752. The SMILES string of the molecule is CCC1(CC)NC(=O)CN(c2ccc(I)cc2)C1=O. The normalized spacial score (nSPS) is 18.4. The number of carbonyl (C=O) groups is 2. The number of hydrogen-bond acceptors (Lipinski definition) is 2. The van der Waals surface area contributed by atoms with Crippen molar-refractivity contribution in [3.05, 3.63) is 27.8 Å². The van der Waals surface area contributed by atoms with Gasteiger partial charge in [0.25, 0.3) is 5.91 Å². The first-order valence-corrected chi connectivity index (χ1v) is 7.49. The van der Waals surface area contributed by atoms with Crippen molar-refractivity contribution in [2.75, 3.05) is 11.4 Å². The van der Waals surface area contributed by atoms with Crippen LogP contribution < -0.4 is 10.2 Å². The Morgan fingerprint density at radius 3 is 2.32 bits per heavy atom. The average Bonchev–Trinajstić information content (AvgIpc) is 2.42. The molecule has 19 heavy (non-hydrogen) atoms. The molecule has 2 amide bonds. The van der Waals surface area contributed by atoms with Crippen LogP contribution in [0.5, 0.6) is 0 Å².